The molecule has 0 aliphatic carbocycles. The molecule has 10 nitrogen and oxygen atoms in total. The fourth-order valence-electron chi connectivity index (χ4n) is 4.78. The zero-order valence-electron chi connectivity index (χ0n) is 25.2. The second-order valence-corrected chi connectivity index (χ2v) is 13.3. The molecule has 1 aliphatic heterocycles. The predicted molar refractivity (Wildman–Crippen MR) is 165 cm³/mol. The van der Waals surface area contributed by atoms with Crippen LogP contribution in [0.25, 0.3) is 0 Å². The van der Waals surface area contributed by atoms with Gasteiger partial charge in [-0.25, -0.2) is 8.42 Å². The molecule has 11 heteroatoms. The Labute approximate surface area is 253 Å². The van der Waals surface area contributed by atoms with Gasteiger partial charge in [-0.3, -0.25) is 13.9 Å². The second-order valence-electron chi connectivity index (χ2n) is 11.4. The number of ether oxygens (including phenoxy) is 3. The van der Waals surface area contributed by atoms with Crippen LogP contribution in [0.5, 0.6) is 17.2 Å². The Hall–Kier alpha value is -4.25. The van der Waals surface area contributed by atoms with Crippen molar-refractivity contribution in [3.05, 3.63) is 83.9 Å². The summed E-state index contributed by atoms with van der Waals surface area (Å²) in [4.78, 5) is 29.6. The van der Waals surface area contributed by atoms with Crippen LogP contribution in [0, 0.1) is 0 Å². The number of hydrogen-bond acceptors (Lipinski definition) is 7. The van der Waals surface area contributed by atoms with E-state index in [1.807, 2.05) is 57.2 Å². The Bertz CT molecular complexity index is 1540. The summed E-state index contributed by atoms with van der Waals surface area (Å²) in [5.41, 5.74) is 1.26. The molecular weight excluding hydrogens is 570 g/mol. The molecule has 1 atom stereocenters. The molecule has 3 aromatic carbocycles. The van der Waals surface area contributed by atoms with Gasteiger partial charge < -0.3 is 24.4 Å². The number of sulfonamides is 1. The second kappa shape index (κ2) is 13.4. The summed E-state index contributed by atoms with van der Waals surface area (Å²) in [7, 11) is -2.37. The first-order chi connectivity index (χ1) is 20.3. The molecule has 1 N–H and O–H groups in total. The van der Waals surface area contributed by atoms with Gasteiger partial charge in [0.25, 0.3) is 0 Å². The van der Waals surface area contributed by atoms with Crippen LogP contribution >= 0.6 is 0 Å². The van der Waals surface area contributed by atoms with Crippen LogP contribution in [0.3, 0.4) is 0 Å². The fourth-order valence-corrected chi connectivity index (χ4v) is 5.62. The van der Waals surface area contributed by atoms with E-state index in [0.717, 1.165) is 21.7 Å². The fraction of sp³-hybridized carbons (Fsp3) is 0.375. The largest absolute Gasteiger partial charge is 0.497 e. The highest BCUT2D eigenvalue weighted by atomic mass is 32.2. The molecule has 0 radical (unpaired) electrons. The summed E-state index contributed by atoms with van der Waals surface area (Å²) in [6.45, 7) is 5.83. The minimum Gasteiger partial charge on any atom is -0.497 e. The van der Waals surface area contributed by atoms with Crippen molar-refractivity contribution in [1.82, 2.24) is 10.2 Å². The highest BCUT2D eigenvalue weighted by molar-refractivity contribution is 7.92. The molecule has 0 bridgehead atoms. The van der Waals surface area contributed by atoms with Gasteiger partial charge in [0, 0.05) is 24.6 Å². The van der Waals surface area contributed by atoms with Gasteiger partial charge in [-0.1, -0.05) is 42.5 Å². The van der Waals surface area contributed by atoms with Crippen LogP contribution in [0.15, 0.2) is 72.8 Å². The highest BCUT2D eigenvalue weighted by Crippen LogP contribution is 2.35. The molecule has 0 saturated heterocycles. The first-order valence-corrected chi connectivity index (χ1v) is 15.8. The minimum absolute atomic E-state index is 0.0455. The Kier molecular flexibility index (Phi) is 9.85. The van der Waals surface area contributed by atoms with Crippen LogP contribution in [-0.4, -0.2) is 69.8 Å². The number of carbonyl (C=O) groups is 2. The van der Waals surface area contributed by atoms with E-state index in [-0.39, 0.29) is 24.6 Å². The van der Waals surface area contributed by atoms with Gasteiger partial charge in [-0.15, -0.1) is 0 Å². The molecule has 2 amide bonds. The van der Waals surface area contributed by atoms with Crippen molar-refractivity contribution in [2.24, 2.45) is 0 Å². The first kappa shape index (κ1) is 31.7. The number of nitrogens with one attached hydrogen (secondary N) is 1. The molecular formula is C32H39N3O7S. The highest BCUT2D eigenvalue weighted by Gasteiger charge is 2.34. The molecule has 0 aromatic heterocycles. The molecule has 1 aliphatic rings. The van der Waals surface area contributed by atoms with E-state index in [0.29, 0.717) is 30.5 Å². The molecule has 3 aromatic rings. The van der Waals surface area contributed by atoms with Crippen LogP contribution in [0.2, 0.25) is 0 Å². The lowest BCUT2D eigenvalue weighted by atomic mass is 10.0. The van der Waals surface area contributed by atoms with Gasteiger partial charge in [0.15, 0.2) is 11.5 Å². The molecule has 1 heterocycles. The van der Waals surface area contributed by atoms with Gasteiger partial charge in [-0.05, 0) is 56.2 Å². The number of amides is 2. The number of methoxy groups -OCH3 is 1. The Morgan fingerprint density at radius 2 is 1.60 bits per heavy atom. The molecule has 0 saturated carbocycles. The van der Waals surface area contributed by atoms with E-state index in [1.54, 1.807) is 43.5 Å². The lowest BCUT2D eigenvalue weighted by Crippen LogP contribution is -2.56. The third kappa shape index (κ3) is 8.63. The number of nitrogens with zero attached hydrogens (tertiary/aromatic N) is 2. The molecule has 230 valence electrons. The molecule has 0 fully saturated rings. The summed E-state index contributed by atoms with van der Waals surface area (Å²) >= 11 is 0. The number of rotatable bonds is 11. The van der Waals surface area contributed by atoms with Crippen molar-refractivity contribution >= 4 is 27.5 Å². The molecule has 0 unspecified atom stereocenters. The quantitative estimate of drug-likeness (QED) is 0.352. The normalized spacial score (nSPS) is 13.5. The van der Waals surface area contributed by atoms with Crippen LogP contribution in [0.4, 0.5) is 5.69 Å². The number of hydrogen-bond donors (Lipinski definition) is 1. The lowest BCUT2D eigenvalue weighted by Gasteiger charge is -2.35. The first-order valence-electron chi connectivity index (χ1n) is 14.0. The maximum absolute atomic E-state index is 14.3. The number of benzene rings is 3. The summed E-state index contributed by atoms with van der Waals surface area (Å²) in [5.74, 6) is 0.587. The average Bonchev–Trinajstić information content (AvgIpc) is 2.96. The van der Waals surface area contributed by atoms with Crippen LogP contribution < -0.4 is 23.8 Å². The smallest absolute Gasteiger partial charge is 0.244 e. The van der Waals surface area contributed by atoms with Gasteiger partial charge in [0.1, 0.15) is 31.5 Å². The van der Waals surface area contributed by atoms with Gasteiger partial charge >= 0.3 is 0 Å². The molecule has 4 rings (SSSR count). The van der Waals surface area contributed by atoms with Crippen molar-refractivity contribution in [1.29, 1.82) is 0 Å². The third-order valence-corrected chi connectivity index (χ3v) is 7.89. The predicted octanol–water partition coefficient (Wildman–Crippen LogP) is 3.79. The molecule has 0 spiro atoms. The topological polar surface area (TPSA) is 114 Å². The number of carbonyl (C=O) groups excluding carboxylic acids is 2. The zero-order chi connectivity index (χ0) is 31.2. The van der Waals surface area contributed by atoms with Crippen molar-refractivity contribution in [3.8, 4) is 17.2 Å². The SMILES string of the molecule is COc1cccc(CN(C(=O)CN(c2ccc3c(c2)OCCO3)S(C)(=O)=O)[C@@H](Cc2ccccc2)C(=O)NC(C)(C)C)c1. The van der Waals surface area contributed by atoms with E-state index in [9.17, 15) is 18.0 Å². The van der Waals surface area contributed by atoms with Crippen molar-refractivity contribution in [2.75, 3.05) is 37.4 Å². The standard InChI is InChI=1S/C32H39N3O7S/c1-32(2,3)33-31(37)27(19-23-10-7-6-8-11-23)34(21-24-12-9-13-26(18-24)40-4)30(36)22-35(43(5,38)39)25-14-15-28-29(20-25)42-17-16-41-28/h6-15,18,20,27H,16-17,19,21-22H2,1-5H3,(H,33,37)/t27-/m0/s1. The summed E-state index contributed by atoms with van der Waals surface area (Å²) in [6, 6.07) is 20.4. The van der Waals surface area contributed by atoms with Crippen LogP contribution in [0.1, 0.15) is 31.9 Å². The van der Waals surface area contributed by atoms with Crippen molar-refractivity contribution in [3.63, 3.8) is 0 Å². The van der Waals surface area contributed by atoms with E-state index < -0.39 is 34.1 Å². The van der Waals surface area contributed by atoms with E-state index in [4.69, 9.17) is 14.2 Å². The third-order valence-electron chi connectivity index (χ3n) is 6.75. The zero-order valence-corrected chi connectivity index (χ0v) is 26.0. The maximum atomic E-state index is 14.3. The van der Waals surface area contributed by atoms with Gasteiger partial charge in [-0.2, -0.15) is 0 Å². The lowest BCUT2D eigenvalue weighted by molar-refractivity contribution is -0.140. The van der Waals surface area contributed by atoms with Gasteiger partial charge in [0.05, 0.1) is 19.1 Å². The number of anilines is 1. The van der Waals surface area contributed by atoms with Gasteiger partial charge in [0.2, 0.25) is 21.8 Å². The molecule has 43 heavy (non-hydrogen) atoms. The summed E-state index contributed by atoms with van der Waals surface area (Å²) in [6.07, 6.45) is 1.26. The maximum Gasteiger partial charge on any atom is 0.244 e. The average molecular weight is 610 g/mol. The monoisotopic (exact) mass is 609 g/mol. The van der Waals surface area contributed by atoms with E-state index in [2.05, 4.69) is 5.32 Å². The Morgan fingerprint density at radius 3 is 2.26 bits per heavy atom. The minimum atomic E-state index is -3.92. The van der Waals surface area contributed by atoms with Crippen LogP contribution in [-0.2, 0) is 32.6 Å². The van der Waals surface area contributed by atoms with Crippen molar-refractivity contribution < 1.29 is 32.2 Å². The summed E-state index contributed by atoms with van der Waals surface area (Å²) in [5, 5.41) is 3.01. The van der Waals surface area contributed by atoms with E-state index in [1.165, 1.54) is 4.90 Å². The van der Waals surface area contributed by atoms with E-state index >= 15 is 0 Å². The number of fused-ring (bicyclic) bond motifs is 1. The van der Waals surface area contributed by atoms with Crippen molar-refractivity contribution in [2.45, 2.75) is 45.3 Å². The Morgan fingerprint density at radius 1 is 0.930 bits per heavy atom. The summed E-state index contributed by atoms with van der Waals surface area (Å²) < 4.78 is 43.8. The Balaban J connectivity index is 1.75.